The average molecular weight is 473 g/mol. The molecule has 0 radical (unpaired) electrons. The highest BCUT2D eigenvalue weighted by Gasteiger charge is 2.17. The number of rotatable bonds is 4. The predicted octanol–water partition coefficient (Wildman–Crippen LogP) is 2.11. The zero-order valence-electron chi connectivity index (χ0n) is 13.4. The summed E-state index contributed by atoms with van der Waals surface area (Å²) in [5.41, 5.74) is 0.168. The molecule has 0 aliphatic carbocycles. The number of sulfonamides is 1. The van der Waals surface area contributed by atoms with Crippen LogP contribution in [0.4, 0.5) is 0 Å². The van der Waals surface area contributed by atoms with Crippen molar-refractivity contribution in [2.45, 2.75) is 11.5 Å². The van der Waals surface area contributed by atoms with Crippen molar-refractivity contribution in [1.82, 2.24) is 9.38 Å². The van der Waals surface area contributed by atoms with Gasteiger partial charge in [0.25, 0.3) is 5.56 Å². The first kappa shape index (κ1) is 19.5. The van der Waals surface area contributed by atoms with Crippen molar-refractivity contribution < 1.29 is 17.9 Å². The quantitative estimate of drug-likeness (QED) is 0.581. The number of aromatic nitrogens is 2. The molecule has 0 fully saturated rings. The fourth-order valence-corrected chi connectivity index (χ4v) is 3.36. The third-order valence-corrected chi connectivity index (χ3v) is 5.34. The number of hydrogen-bond donors (Lipinski definition) is 1. The maximum Gasteiger partial charge on any atom is 0.339 e. The van der Waals surface area contributed by atoms with Crippen molar-refractivity contribution in [1.29, 1.82) is 0 Å². The summed E-state index contributed by atoms with van der Waals surface area (Å²) in [5.74, 6) is -0.800. The van der Waals surface area contributed by atoms with E-state index >= 15 is 0 Å². The minimum atomic E-state index is -3.97. The second-order valence-electron chi connectivity index (χ2n) is 5.42. The van der Waals surface area contributed by atoms with Crippen molar-refractivity contribution in [3.63, 3.8) is 0 Å². The molecule has 0 unspecified atom stereocenters. The molecule has 27 heavy (non-hydrogen) atoms. The van der Waals surface area contributed by atoms with Gasteiger partial charge in [-0.25, -0.2) is 23.3 Å². The molecule has 0 spiro atoms. The minimum Gasteiger partial charge on any atom is -0.456 e. The van der Waals surface area contributed by atoms with E-state index in [4.69, 9.17) is 21.5 Å². The zero-order chi connectivity index (χ0) is 19.8. The van der Waals surface area contributed by atoms with E-state index < -0.39 is 16.0 Å². The Kier molecular flexibility index (Phi) is 5.33. The third-order valence-electron chi connectivity index (χ3n) is 3.51. The van der Waals surface area contributed by atoms with Gasteiger partial charge in [0, 0.05) is 16.7 Å². The van der Waals surface area contributed by atoms with Gasteiger partial charge in [-0.1, -0.05) is 11.6 Å². The van der Waals surface area contributed by atoms with Crippen molar-refractivity contribution in [3.8, 4) is 0 Å². The number of fused-ring (bicyclic) bond motifs is 1. The molecule has 0 bridgehead atoms. The summed E-state index contributed by atoms with van der Waals surface area (Å²) in [6.45, 7) is -0.279. The number of nitrogens with zero attached hydrogens (tertiary/aromatic N) is 2. The lowest BCUT2D eigenvalue weighted by Gasteiger charge is -2.08. The van der Waals surface area contributed by atoms with Crippen LogP contribution in [0.3, 0.4) is 0 Å². The molecule has 0 saturated carbocycles. The van der Waals surface area contributed by atoms with Gasteiger partial charge in [0.05, 0.1) is 21.2 Å². The first-order valence-corrected chi connectivity index (χ1v) is 10.0. The summed E-state index contributed by atoms with van der Waals surface area (Å²) < 4.78 is 29.6. The summed E-state index contributed by atoms with van der Waals surface area (Å²) in [6, 6.07) is 8.09. The van der Waals surface area contributed by atoms with Crippen LogP contribution in [0, 0.1) is 0 Å². The number of carbonyl (C=O) groups is 1. The van der Waals surface area contributed by atoms with Crippen LogP contribution in [0.25, 0.3) is 5.65 Å². The normalized spacial score (nSPS) is 11.5. The standard InChI is InChI=1S/C16H11BrClN3O5S/c17-13-3-2-11(27(19,24)25)6-12(13)16(23)26-8-10-5-15(22)21-7-9(18)1-4-14(21)20-10/h1-7H,8H2,(H2,19,24,25). The number of esters is 1. The Morgan fingerprint density at radius 2 is 2.00 bits per heavy atom. The second kappa shape index (κ2) is 7.39. The van der Waals surface area contributed by atoms with Gasteiger partial charge in [-0.05, 0) is 46.3 Å². The molecule has 2 N–H and O–H groups in total. The lowest BCUT2D eigenvalue weighted by Crippen LogP contribution is -2.17. The number of nitrogens with two attached hydrogens (primary N) is 1. The zero-order valence-corrected chi connectivity index (χ0v) is 16.6. The lowest BCUT2D eigenvalue weighted by atomic mass is 10.2. The fourth-order valence-electron chi connectivity index (χ4n) is 2.26. The Hall–Kier alpha value is -2.27. The smallest absolute Gasteiger partial charge is 0.339 e. The second-order valence-corrected chi connectivity index (χ2v) is 8.28. The van der Waals surface area contributed by atoms with Gasteiger partial charge in [-0.3, -0.25) is 9.20 Å². The topological polar surface area (TPSA) is 121 Å². The molecule has 1 aromatic carbocycles. The monoisotopic (exact) mass is 471 g/mol. The third kappa shape index (κ3) is 4.35. The molecule has 0 saturated heterocycles. The number of hydrogen-bond acceptors (Lipinski definition) is 6. The minimum absolute atomic E-state index is 0.0224. The van der Waals surface area contributed by atoms with Gasteiger partial charge in [0.1, 0.15) is 12.3 Å². The molecule has 2 heterocycles. The van der Waals surface area contributed by atoms with Crippen molar-refractivity contribution in [2.75, 3.05) is 0 Å². The van der Waals surface area contributed by atoms with Crippen LogP contribution in [0.2, 0.25) is 5.02 Å². The van der Waals surface area contributed by atoms with E-state index in [9.17, 15) is 18.0 Å². The molecule has 8 nitrogen and oxygen atoms in total. The highest BCUT2D eigenvalue weighted by atomic mass is 79.9. The van der Waals surface area contributed by atoms with Crippen LogP contribution >= 0.6 is 27.5 Å². The largest absolute Gasteiger partial charge is 0.456 e. The molecule has 3 rings (SSSR count). The lowest BCUT2D eigenvalue weighted by molar-refractivity contribution is 0.0466. The highest BCUT2D eigenvalue weighted by Crippen LogP contribution is 2.21. The van der Waals surface area contributed by atoms with Gasteiger partial charge in [0.2, 0.25) is 10.0 Å². The number of carbonyl (C=O) groups excluding carboxylic acids is 1. The van der Waals surface area contributed by atoms with E-state index in [1.54, 1.807) is 12.1 Å². The molecular formula is C16H11BrClN3O5S. The summed E-state index contributed by atoms with van der Waals surface area (Å²) in [6.07, 6.45) is 1.43. The maximum absolute atomic E-state index is 12.3. The predicted molar refractivity (Wildman–Crippen MR) is 101 cm³/mol. The first-order valence-electron chi connectivity index (χ1n) is 7.32. The fraction of sp³-hybridized carbons (Fsp3) is 0.0625. The maximum atomic E-state index is 12.3. The van der Waals surface area contributed by atoms with Gasteiger partial charge in [-0.2, -0.15) is 0 Å². The summed E-state index contributed by atoms with van der Waals surface area (Å²) >= 11 is 9.00. The van der Waals surface area contributed by atoms with E-state index in [0.29, 0.717) is 15.1 Å². The number of primary sulfonamides is 1. The van der Waals surface area contributed by atoms with E-state index in [1.807, 2.05) is 0 Å². The summed E-state index contributed by atoms with van der Waals surface area (Å²) in [7, 11) is -3.97. The Bertz CT molecular complexity index is 1230. The van der Waals surface area contributed by atoms with Crippen LogP contribution in [-0.4, -0.2) is 23.8 Å². The summed E-state index contributed by atoms with van der Waals surface area (Å²) in [4.78, 5) is 28.4. The molecule has 2 aromatic heterocycles. The van der Waals surface area contributed by atoms with Gasteiger partial charge < -0.3 is 4.74 Å². The molecule has 0 aliphatic heterocycles. The van der Waals surface area contributed by atoms with Crippen LogP contribution in [0.15, 0.2) is 56.8 Å². The molecular weight excluding hydrogens is 462 g/mol. The molecule has 0 amide bonds. The van der Waals surface area contributed by atoms with Gasteiger partial charge in [-0.15, -0.1) is 0 Å². The van der Waals surface area contributed by atoms with Crippen LogP contribution < -0.4 is 10.7 Å². The van der Waals surface area contributed by atoms with E-state index in [0.717, 1.165) is 6.07 Å². The van der Waals surface area contributed by atoms with Crippen molar-refractivity contribution in [2.24, 2.45) is 5.14 Å². The van der Waals surface area contributed by atoms with Crippen LogP contribution in [0.5, 0.6) is 0 Å². The molecule has 0 aliphatic rings. The number of halogens is 2. The summed E-state index contributed by atoms with van der Waals surface area (Å²) in [5, 5.41) is 5.45. The van der Waals surface area contributed by atoms with Gasteiger partial charge in [0.15, 0.2) is 0 Å². The van der Waals surface area contributed by atoms with E-state index in [-0.39, 0.29) is 28.3 Å². The number of ether oxygens (including phenoxy) is 1. The molecule has 11 heteroatoms. The van der Waals surface area contributed by atoms with Crippen molar-refractivity contribution >= 4 is 49.2 Å². The van der Waals surface area contributed by atoms with E-state index in [2.05, 4.69) is 20.9 Å². The SMILES string of the molecule is NS(=O)(=O)c1ccc(Br)c(C(=O)OCc2cc(=O)n3cc(Cl)ccc3n2)c1. The average Bonchev–Trinajstić information content (AvgIpc) is 2.59. The Morgan fingerprint density at radius 1 is 1.26 bits per heavy atom. The Morgan fingerprint density at radius 3 is 2.70 bits per heavy atom. The first-order chi connectivity index (χ1) is 12.6. The number of benzene rings is 1. The van der Waals surface area contributed by atoms with Crippen LogP contribution in [0.1, 0.15) is 16.1 Å². The Balaban J connectivity index is 1.85. The molecule has 0 atom stereocenters. The Labute approximate surface area is 166 Å². The van der Waals surface area contributed by atoms with Crippen LogP contribution in [-0.2, 0) is 21.4 Å². The van der Waals surface area contributed by atoms with Crippen molar-refractivity contribution in [3.05, 3.63) is 73.7 Å². The van der Waals surface area contributed by atoms with Gasteiger partial charge >= 0.3 is 5.97 Å². The molecule has 3 aromatic rings. The van der Waals surface area contributed by atoms with E-state index in [1.165, 1.54) is 28.8 Å². The highest BCUT2D eigenvalue weighted by molar-refractivity contribution is 9.10. The number of pyridine rings is 1. The molecule has 140 valence electrons.